The highest BCUT2D eigenvalue weighted by molar-refractivity contribution is 7.89. The van der Waals surface area contributed by atoms with E-state index in [0.717, 1.165) is 0 Å². The predicted octanol–water partition coefficient (Wildman–Crippen LogP) is 3.22. The number of aromatic nitrogens is 2. The number of halogens is 2. The van der Waals surface area contributed by atoms with Gasteiger partial charge in [-0.05, 0) is 56.9 Å². The Balaban J connectivity index is 1.35. The third-order valence-electron chi connectivity index (χ3n) is 6.29. The first-order valence-corrected chi connectivity index (χ1v) is 15.0. The topological polar surface area (TPSA) is 157 Å². The van der Waals surface area contributed by atoms with Gasteiger partial charge in [0.1, 0.15) is 5.69 Å². The van der Waals surface area contributed by atoms with E-state index in [1.165, 1.54) is 53.0 Å². The molecule has 4 rings (SSSR count). The van der Waals surface area contributed by atoms with Crippen molar-refractivity contribution in [2.24, 2.45) is 0 Å². The Morgan fingerprint density at radius 3 is 2.43 bits per heavy atom. The van der Waals surface area contributed by atoms with Gasteiger partial charge < -0.3 is 20.9 Å². The Hall–Kier alpha value is -3.75. The summed E-state index contributed by atoms with van der Waals surface area (Å²) in [5.41, 5.74) is 0.606. The zero-order chi connectivity index (χ0) is 30.4. The second-order valence-corrected chi connectivity index (χ2v) is 12.5. The van der Waals surface area contributed by atoms with E-state index in [1.807, 2.05) is 19.0 Å². The molecule has 0 radical (unpaired) electrons. The molecular formula is C27H29Cl2N7O5S. The lowest BCUT2D eigenvalue weighted by atomic mass is 10.2. The van der Waals surface area contributed by atoms with Crippen LogP contribution in [0.5, 0.6) is 0 Å². The number of rotatable bonds is 10. The molecule has 42 heavy (non-hydrogen) atoms. The van der Waals surface area contributed by atoms with E-state index in [9.17, 15) is 22.8 Å². The summed E-state index contributed by atoms with van der Waals surface area (Å²) in [5.74, 6) is -1.51. The number of nitrogens with one attached hydrogen (secondary N) is 4. The van der Waals surface area contributed by atoms with Crippen LogP contribution < -0.4 is 16.0 Å². The molecule has 4 N–H and O–H groups in total. The third kappa shape index (κ3) is 7.55. The van der Waals surface area contributed by atoms with Gasteiger partial charge in [-0.3, -0.25) is 19.5 Å². The standard InChI is InChI=1S/C27H29Cl2N7O5S/c1-35(2)13-4-7-23(37)31-17-8-10-19(11-9-17)42(40,41)36-14-12-18(16-36)32-27(39)25-22(15-30-34-25)33-26(38)24-20(28)5-3-6-21(24)29/h3-11,15,18H,12-14,16H2,1-2H3,(H,30,34)(H,31,37)(H,32,39)(H,33,38)/b7-4+/t18-/m0/s1. The summed E-state index contributed by atoms with van der Waals surface area (Å²) < 4.78 is 27.7. The maximum absolute atomic E-state index is 13.2. The summed E-state index contributed by atoms with van der Waals surface area (Å²) in [6.07, 6.45) is 4.78. The lowest BCUT2D eigenvalue weighted by Crippen LogP contribution is -2.39. The van der Waals surface area contributed by atoms with E-state index in [1.54, 1.807) is 12.1 Å². The third-order valence-corrected chi connectivity index (χ3v) is 8.80. The zero-order valence-electron chi connectivity index (χ0n) is 22.7. The van der Waals surface area contributed by atoms with Crippen LogP contribution in [-0.4, -0.2) is 85.3 Å². The number of hydrogen-bond acceptors (Lipinski definition) is 7. The summed E-state index contributed by atoms with van der Waals surface area (Å²) in [6.45, 7) is 0.856. The maximum Gasteiger partial charge on any atom is 0.271 e. The lowest BCUT2D eigenvalue weighted by molar-refractivity contribution is -0.111. The highest BCUT2D eigenvalue weighted by atomic mass is 35.5. The highest BCUT2D eigenvalue weighted by Crippen LogP contribution is 2.26. The molecule has 2 aromatic carbocycles. The zero-order valence-corrected chi connectivity index (χ0v) is 25.1. The van der Waals surface area contributed by atoms with E-state index >= 15 is 0 Å². The average Bonchev–Trinajstić information content (AvgIpc) is 3.59. The number of amides is 3. The van der Waals surface area contributed by atoms with E-state index in [0.29, 0.717) is 18.7 Å². The molecule has 1 aromatic heterocycles. The van der Waals surface area contributed by atoms with Gasteiger partial charge in [0.15, 0.2) is 0 Å². The number of nitrogens with zero attached hydrogens (tertiary/aromatic N) is 3. The minimum absolute atomic E-state index is 0.0120. The first-order valence-electron chi connectivity index (χ1n) is 12.8. The van der Waals surface area contributed by atoms with Crippen molar-refractivity contribution in [2.45, 2.75) is 17.4 Å². The Morgan fingerprint density at radius 2 is 1.76 bits per heavy atom. The monoisotopic (exact) mass is 633 g/mol. The van der Waals surface area contributed by atoms with Crippen molar-refractivity contribution in [2.75, 3.05) is 44.4 Å². The number of carbonyl (C=O) groups excluding carboxylic acids is 3. The molecule has 0 spiro atoms. The van der Waals surface area contributed by atoms with Crippen LogP contribution in [0.2, 0.25) is 10.0 Å². The number of H-pyrrole nitrogens is 1. The van der Waals surface area contributed by atoms with Crippen LogP contribution in [0, 0.1) is 0 Å². The van der Waals surface area contributed by atoms with Gasteiger partial charge in [-0.1, -0.05) is 35.3 Å². The Morgan fingerprint density at radius 1 is 1.07 bits per heavy atom. The number of hydrogen-bond donors (Lipinski definition) is 4. The largest absolute Gasteiger partial charge is 0.347 e. The number of likely N-dealkylation sites (N-methyl/N-ethyl adjacent to an activating group) is 1. The van der Waals surface area contributed by atoms with Crippen LogP contribution in [0.1, 0.15) is 27.3 Å². The van der Waals surface area contributed by atoms with Crippen LogP contribution in [0.15, 0.2) is 65.7 Å². The highest BCUT2D eigenvalue weighted by Gasteiger charge is 2.34. The Labute approximate surface area is 253 Å². The van der Waals surface area contributed by atoms with Crippen molar-refractivity contribution in [1.29, 1.82) is 0 Å². The van der Waals surface area contributed by atoms with Crippen LogP contribution in [0.25, 0.3) is 0 Å². The molecule has 0 unspecified atom stereocenters. The fourth-order valence-corrected chi connectivity index (χ4v) is 6.26. The quantitative estimate of drug-likeness (QED) is 0.250. The fraction of sp³-hybridized carbons (Fsp3) is 0.259. The van der Waals surface area contributed by atoms with E-state index < -0.39 is 27.9 Å². The second kappa shape index (κ2) is 13.5. The van der Waals surface area contributed by atoms with Gasteiger partial charge in [-0.25, -0.2) is 8.42 Å². The minimum atomic E-state index is -3.85. The van der Waals surface area contributed by atoms with Crippen LogP contribution >= 0.6 is 23.2 Å². The van der Waals surface area contributed by atoms with Gasteiger partial charge in [-0.2, -0.15) is 9.40 Å². The molecule has 0 bridgehead atoms. The SMILES string of the molecule is CN(C)C/C=C/C(=O)Nc1ccc(S(=O)(=O)N2CC[C@H](NC(=O)c3[nH]ncc3NC(=O)c3c(Cl)cccc3Cl)C2)cc1. The number of anilines is 2. The Kier molecular flexibility index (Phi) is 10.0. The summed E-state index contributed by atoms with van der Waals surface area (Å²) in [6, 6.07) is 10.0. The molecule has 1 aliphatic heterocycles. The molecule has 1 atom stereocenters. The molecule has 222 valence electrons. The number of carbonyl (C=O) groups is 3. The number of sulfonamides is 1. The van der Waals surface area contributed by atoms with Crippen molar-refractivity contribution in [3.8, 4) is 0 Å². The van der Waals surface area contributed by atoms with Crippen molar-refractivity contribution in [3.05, 3.63) is 82.1 Å². The smallest absolute Gasteiger partial charge is 0.271 e. The molecule has 0 aliphatic carbocycles. The summed E-state index contributed by atoms with van der Waals surface area (Å²) in [4.78, 5) is 39.8. The van der Waals surface area contributed by atoms with Crippen molar-refractivity contribution >= 4 is 62.3 Å². The molecule has 0 saturated carbocycles. The fourth-order valence-electron chi connectivity index (χ4n) is 4.19. The second-order valence-electron chi connectivity index (χ2n) is 9.71. The van der Waals surface area contributed by atoms with Gasteiger partial charge in [-0.15, -0.1) is 0 Å². The number of aromatic amines is 1. The molecular weight excluding hydrogens is 605 g/mol. The van der Waals surface area contributed by atoms with Crippen LogP contribution in [0.4, 0.5) is 11.4 Å². The first-order chi connectivity index (χ1) is 20.0. The normalized spacial score (nSPS) is 15.7. The van der Waals surface area contributed by atoms with Crippen molar-refractivity contribution < 1.29 is 22.8 Å². The first kappa shape index (κ1) is 31.2. The van der Waals surface area contributed by atoms with Crippen molar-refractivity contribution in [3.63, 3.8) is 0 Å². The van der Waals surface area contributed by atoms with E-state index in [4.69, 9.17) is 23.2 Å². The predicted molar refractivity (Wildman–Crippen MR) is 160 cm³/mol. The van der Waals surface area contributed by atoms with E-state index in [2.05, 4.69) is 26.1 Å². The molecule has 1 aliphatic rings. The van der Waals surface area contributed by atoms with Crippen molar-refractivity contribution in [1.82, 2.24) is 24.7 Å². The summed E-state index contributed by atoms with van der Waals surface area (Å²) in [7, 11) is -0.0758. The average molecular weight is 635 g/mol. The molecule has 15 heteroatoms. The Bertz CT molecular complexity index is 1590. The van der Waals surface area contributed by atoms with Gasteiger partial charge in [0.05, 0.1) is 32.4 Å². The van der Waals surface area contributed by atoms with Gasteiger partial charge >= 0.3 is 0 Å². The molecule has 2 heterocycles. The summed E-state index contributed by atoms with van der Waals surface area (Å²) >= 11 is 12.2. The lowest BCUT2D eigenvalue weighted by Gasteiger charge is -2.17. The molecule has 3 amide bonds. The summed E-state index contributed by atoms with van der Waals surface area (Å²) in [5, 5.41) is 14.8. The van der Waals surface area contributed by atoms with E-state index in [-0.39, 0.29) is 50.9 Å². The molecule has 3 aromatic rings. The van der Waals surface area contributed by atoms with Gasteiger partial charge in [0.25, 0.3) is 11.8 Å². The minimum Gasteiger partial charge on any atom is -0.347 e. The van der Waals surface area contributed by atoms with Gasteiger partial charge in [0, 0.05) is 37.4 Å². The van der Waals surface area contributed by atoms with Gasteiger partial charge in [0.2, 0.25) is 15.9 Å². The number of benzene rings is 2. The maximum atomic E-state index is 13.2. The van der Waals surface area contributed by atoms with Crippen LogP contribution in [-0.2, 0) is 14.8 Å². The molecule has 12 nitrogen and oxygen atoms in total. The molecule has 1 fully saturated rings. The molecule has 1 saturated heterocycles. The van der Waals surface area contributed by atoms with Crippen LogP contribution in [0.3, 0.4) is 0 Å².